The molecule has 0 fully saturated rings. The number of aryl methyl sites for hydroxylation is 4. The summed E-state index contributed by atoms with van der Waals surface area (Å²) in [5.41, 5.74) is 7.28. The molecule has 0 bridgehead atoms. The van der Waals surface area contributed by atoms with Crippen LogP contribution >= 0.6 is 0 Å². The molecule has 4 aliphatic rings. The Kier molecular flexibility index (Phi) is 29.7. The Labute approximate surface area is 832 Å². The van der Waals surface area contributed by atoms with E-state index in [0.717, 1.165) is 50.3 Å². The van der Waals surface area contributed by atoms with E-state index in [0.29, 0.717) is 73.9 Å². The number of benzene rings is 16. The Morgan fingerprint density at radius 3 is 1.23 bits per heavy atom. The number of amides is 1. The minimum absolute atomic E-state index is 0.101. The Morgan fingerprint density at radius 1 is 0.324 bits per heavy atom. The zero-order valence-electron chi connectivity index (χ0n) is 80.2. The number of cyclic esters (lactones) is 4. The van der Waals surface area contributed by atoms with E-state index in [9.17, 15) is 47.5 Å². The molecule has 4 atom stereocenters. The molecule has 6 N–H and O–H groups in total. The lowest BCUT2D eigenvalue weighted by molar-refractivity contribution is -0.00542. The molecule has 0 aromatic heterocycles. The lowest BCUT2D eigenvalue weighted by Crippen LogP contribution is -2.46. The van der Waals surface area contributed by atoms with Crippen molar-refractivity contribution in [2.75, 3.05) is 82.2 Å². The van der Waals surface area contributed by atoms with Crippen LogP contribution in [0.25, 0.3) is 21.5 Å². The van der Waals surface area contributed by atoms with Crippen LogP contribution in [-0.4, -0.2) is 114 Å². The van der Waals surface area contributed by atoms with Crippen molar-refractivity contribution >= 4 is 109 Å². The maximum atomic E-state index is 15.3. The molecule has 24 nitrogen and oxygen atoms in total. The van der Waals surface area contributed by atoms with Crippen molar-refractivity contribution in [3.63, 3.8) is 0 Å². The van der Waals surface area contributed by atoms with Crippen molar-refractivity contribution in [2.45, 2.75) is 50.6 Å². The molecule has 20 rings (SSSR count). The van der Waals surface area contributed by atoms with Gasteiger partial charge in [0.15, 0.2) is 0 Å². The van der Waals surface area contributed by atoms with E-state index in [2.05, 4.69) is 62.8 Å². The first-order valence-corrected chi connectivity index (χ1v) is 45.9. The van der Waals surface area contributed by atoms with Gasteiger partial charge in [-0.2, -0.15) is 0 Å². The zero-order valence-corrected chi connectivity index (χ0v) is 80.2. The fraction of sp³-hybridized carbons (Fsp3) is 0.137. The minimum Gasteiger partial charge on any atom is -0.465 e. The van der Waals surface area contributed by atoms with Gasteiger partial charge in [0.1, 0.15) is 23.3 Å². The third kappa shape index (κ3) is 20.6. The Hall–Kier alpha value is -17.9. The van der Waals surface area contributed by atoms with Gasteiger partial charge < -0.3 is 69.4 Å². The molecule has 16 aromatic rings. The fourth-order valence-electron chi connectivity index (χ4n) is 17.7. The molecular formula is C117H97F4N7O17. The molecule has 0 radical (unpaired) electrons. The highest BCUT2D eigenvalue weighted by molar-refractivity contribution is 6.11. The Balaban J connectivity index is 0.000000130. The van der Waals surface area contributed by atoms with Gasteiger partial charge in [0.2, 0.25) is 22.9 Å². The highest BCUT2D eigenvalue weighted by atomic mass is 19.1. The molecule has 4 unspecified atom stereocenters. The number of ether oxygens (including phenoxy) is 8. The molecular weight excluding hydrogens is 1850 g/mol. The molecule has 730 valence electrons. The van der Waals surface area contributed by atoms with Gasteiger partial charge in [-0.3, -0.25) is 10.1 Å². The minimum atomic E-state index is -1.63. The van der Waals surface area contributed by atoms with Crippen molar-refractivity contribution in [2.24, 2.45) is 0 Å². The molecule has 28 heteroatoms. The number of methoxy groups -OCH3 is 4. The number of esters is 8. The van der Waals surface area contributed by atoms with Gasteiger partial charge >= 0.3 is 47.8 Å². The summed E-state index contributed by atoms with van der Waals surface area (Å²) in [7, 11) is 9.19. The summed E-state index contributed by atoms with van der Waals surface area (Å²) in [5, 5.41) is 22.3. The average molecular weight is 1950 g/mol. The molecule has 0 saturated carbocycles. The molecule has 0 saturated heterocycles. The first-order valence-electron chi connectivity index (χ1n) is 45.9. The van der Waals surface area contributed by atoms with Gasteiger partial charge in [-0.15, -0.1) is 0 Å². The maximum Gasteiger partial charge on any atom is 0.341 e. The predicted molar refractivity (Wildman–Crippen MR) is 543 cm³/mol. The first-order chi connectivity index (χ1) is 69.9. The first kappa shape index (κ1) is 100. The van der Waals surface area contributed by atoms with E-state index in [1.807, 2.05) is 161 Å². The largest absolute Gasteiger partial charge is 0.465 e. The van der Waals surface area contributed by atoms with Gasteiger partial charge in [0, 0.05) is 63.7 Å². The normalized spacial score (nSPS) is 16.2. The van der Waals surface area contributed by atoms with Crippen LogP contribution in [0.15, 0.2) is 346 Å². The average Bonchev–Trinajstić information content (AvgIpc) is 1.58. The van der Waals surface area contributed by atoms with Gasteiger partial charge in [0.05, 0.1) is 107 Å². The van der Waals surface area contributed by atoms with Crippen LogP contribution in [0, 0.1) is 51.0 Å². The summed E-state index contributed by atoms with van der Waals surface area (Å²) in [6.07, 6.45) is 0. The van der Waals surface area contributed by atoms with Crippen LogP contribution in [-0.2, 0) is 60.8 Å². The summed E-state index contributed by atoms with van der Waals surface area (Å²) in [6, 6.07) is 98.3. The molecule has 145 heavy (non-hydrogen) atoms. The molecule has 0 aliphatic carbocycles. The number of likely N-dealkylation sites (N-methyl/N-ethyl adjacent to an activating group) is 1. The smallest absolute Gasteiger partial charge is 0.341 e. The standard InChI is InChI=1S/2C26H18FNO4.C24H20FNO4.C21H17FN2O3.C20H24N2O2/c1-31-24(29)17-9-4-10-18(15-17)28-26(21-13-5-8-16-7-2-3-11-19(16)21)23-20(25(30)32-26)12-6-14-22(23)27;1-31-24(29)18-8-4-9-20(15-18)28-26(19-13-12-16-6-2-3-7-17(16)14-19)23-21(25(30)32-26)10-5-11-22(23)27;1-14-10-11-17(12-15(14)2)24(21-19(23(28)30-24)8-5-9-20(21)25)26-18-7-4-6-16(13-18)22(27)29-3;1-27-21(26)15-10-5-6-12-17(15)24-20(25)19-16(22)11-7-13-18(19)23-14-8-3-2-4-9-14;1-14-9-10-16(13-15(14)2)20(21-11-12-22(3)4)18-8-6-5-7-17(18)19(23)24-20/h2*2-15,28H,1H3;4-13,26H,1-3H3;2-13,23H,1H3,(H,24,25);5-10,13,21H,11-12H2,1-4H3. The third-order valence-corrected chi connectivity index (χ3v) is 25.0. The van der Waals surface area contributed by atoms with Crippen molar-refractivity contribution < 1.29 is 98.6 Å². The Morgan fingerprint density at radius 2 is 0.703 bits per heavy atom. The number of anilines is 6. The number of carbonyl (C=O) groups is 9. The van der Waals surface area contributed by atoms with Gasteiger partial charge in [-0.1, -0.05) is 200 Å². The van der Waals surface area contributed by atoms with Crippen LogP contribution in [0.2, 0.25) is 0 Å². The van der Waals surface area contributed by atoms with E-state index in [-0.39, 0.29) is 56.2 Å². The highest BCUT2D eigenvalue weighted by Crippen LogP contribution is 2.50. The molecule has 1 amide bonds. The van der Waals surface area contributed by atoms with E-state index in [4.69, 9.17) is 37.9 Å². The summed E-state index contributed by atoms with van der Waals surface area (Å²) < 4.78 is 103. The molecule has 0 spiro atoms. The lowest BCUT2D eigenvalue weighted by Gasteiger charge is -2.32. The monoisotopic (exact) mass is 1950 g/mol. The predicted octanol–water partition coefficient (Wildman–Crippen LogP) is 22.6. The third-order valence-electron chi connectivity index (χ3n) is 25.0. The van der Waals surface area contributed by atoms with Crippen molar-refractivity contribution in [3.8, 4) is 0 Å². The van der Waals surface area contributed by atoms with Crippen LogP contribution in [0.5, 0.6) is 0 Å². The summed E-state index contributed by atoms with van der Waals surface area (Å²) >= 11 is 0. The number of nitrogens with zero attached hydrogens (tertiary/aromatic N) is 1. The second-order valence-corrected chi connectivity index (χ2v) is 34.5. The number of para-hydroxylation sites is 2. The zero-order chi connectivity index (χ0) is 103. The van der Waals surface area contributed by atoms with Gasteiger partial charge in [-0.05, 0) is 231 Å². The second-order valence-electron chi connectivity index (χ2n) is 34.5. The van der Waals surface area contributed by atoms with Crippen LogP contribution in [0.1, 0.15) is 160 Å². The molecule has 4 aliphatic heterocycles. The van der Waals surface area contributed by atoms with E-state index in [1.54, 1.807) is 133 Å². The number of halogens is 4. The van der Waals surface area contributed by atoms with Crippen molar-refractivity contribution in [3.05, 3.63) is 486 Å². The second kappa shape index (κ2) is 43.1. The van der Waals surface area contributed by atoms with Crippen LogP contribution < -0.4 is 31.9 Å². The van der Waals surface area contributed by atoms with E-state index in [1.165, 1.54) is 106 Å². The Bertz CT molecular complexity index is 7750. The van der Waals surface area contributed by atoms with E-state index < -0.39 is 93.9 Å². The number of hydrogen-bond acceptors (Lipinski definition) is 23. The fourth-order valence-corrected chi connectivity index (χ4v) is 17.7. The quantitative estimate of drug-likeness (QED) is 0.0209. The summed E-state index contributed by atoms with van der Waals surface area (Å²) in [5.74, 6) is -7.35. The lowest BCUT2D eigenvalue weighted by atomic mass is 9.88. The van der Waals surface area contributed by atoms with Crippen molar-refractivity contribution in [1.82, 2.24) is 10.2 Å². The number of rotatable bonds is 22. The SMILES string of the molecule is COC(=O)c1cccc(NC2(c3ccc(C)c(C)c3)OC(=O)c3cccc(F)c32)c1.COC(=O)c1cccc(NC2(c3ccc4ccccc4c3)OC(=O)c3cccc(F)c32)c1.COC(=O)c1cccc(NC2(c3cccc4ccccc34)OC(=O)c3cccc(F)c32)c1.COC(=O)c1ccccc1NC(=O)c1c(F)cccc1Nc1ccccc1.Cc1ccc(C2(NCCN(C)C)OC(=O)c3ccccc32)cc1C. The van der Waals surface area contributed by atoms with E-state index >= 15 is 13.2 Å². The van der Waals surface area contributed by atoms with Gasteiger partial charge in [0.25, 0.3) is 5.91 Å². The van der Waals surface area contributed by atoms with Crippen LogP contribution in [0.4, 0.5) is 51.7 Å². The number of nitrogens with one attached hydrogen (secondary N) is 6. The summed E-state index contributed by atoms with van der Waals surface area (Å²) in [6.45, 7) is 9.63. The molecule has 16 aromatic carbocycles. The van der Waals surface area contributed by atoms with Crippen molar-refractivity contribution in [1.29, 1.82) is 0 Å². The summed E-state index contributed by atoms with van der Waals surface area (Å²) in [4.78, 5) is 113. The number of carbonyl (C=O) groups excluding carboxylic acids is 9. The van der Waals surface area contributed by atoms with Crippen LogP contribution in [0.3, 0.4) is 0 Å². The highest BCUT2D eigenvalue weighted by Gasteiger charge is 2.54. The number of hydrogen-bond donors (Lipinski definition) is 6. The maximum absolute atomic E-state index is 15.3. The molecule has 4 heterocycles. The topological polar surface area (TPSA) is 303 Å². The number of fused-ring (bicyclic) bond motifs is 6. The van der Waals surface area contributed by atoms with Gasteiger partial charge in [-0.25, -0.2) is 55.9 Å².